The van der Waals surface area contributed by atoms with Crippen LogP contribution in [0.1, 0.15) is 26.7 Å². The van der Waals surface area contributed by atoms with Gasteiger partial charge in [-0.3, -0.25) is 0 Å². The molecule has 0 heterocycles. The largest absolute Gasteiger partial charge is 0.409 e. The van der Waals surface area contributed by atoms with Crippen molar-refractivity contribution in [3.8, 4) is 0 Å². The average Bonchev–Trinajstić information content (AvgIpc) is 2.17. The number of aliphatic hydroxyl groups is 2. The molecule has 0 unspecified atom stereocenters. The van der Waals surface area contributed by atoms with Crippen LogP contribution in [0.25, 0.3) is 0 Å². The topological polar surface area (TPSA) is 68.2 Å². The second-order valence-corrected chi connectivity index (χ2v) is 4.17. The van der Waals surface area contributed by atoms with Gasteiger partial charge in [0.1, 0.15) is 0 Å². The van der Waals surface area contributed by atoms with E-state index in [4.69, 9.17) is 9.84 Å². The molecule has 5 nitrogen and oxygen atoms in total. The van der Waals surface area contributed by atoms with Crippen molar-refractivity contribution in [2.24, 2.45) is 5.41 Å². The van der Waals surface area contributed by atoms with Gasteiger partial charge in [0.2, 0.25) is 0 Å². The van der Waals surface area contributed by atoms with Crippen LogP contribution in [0, 0.1) is 5.41 Å². The van der Waals surface area contributed by atoms with E-state index in [0.717, 1.165) is 0 Å². The summed E-state index contributed by atoms with van der Waals surface area (Å²) < 4.78 is 14.3. The average molecular weight is 222 g/mol. The van der Waals surface area contributed by atoms with Crippen LogP contribution < -0.4 is 0 Å². The third-order valence-electron chi connectivity index (χ3n) is 2.37. The smallest absolute Gasteiger partial charge is 0.396 e. The molecule has 0 aliphatic carbocycles. The standard InChI is InChI=1S/C10H22O5/c1-9(2,5-7-11)6-8-15-10(12,13-3)14-4/h11-12H,5-8H2,1-4H3. The Balaban J connectivity index is 3.87. The molecule has 2 N–H and O–H groups in total. The van der Waals surface area contributed by atoms with Crippen LogP contribution in [0.4, 0.5) is 0 Å². The van der Waals surface area contributed by atoms with Crippen LogP contribution in [0.2, 0.25) is 0 Å². The summed E-state index contributed by atoms with van der Waals surface area (Å²) in [6.45, 7) is 4.48. The summed E-state index contributed by atoms with van der Waals surface area (Å²) >= 11 is 0. The van der Waals surface area contributed by atoms with Crippen molar-refractivity contribution in [3.05, 3.63) is 0 Å². The summed E-state index contributed by atoms with van der Waals surface area (Å²) in [5.74, 6) is 0. The zero-order chi connectivity index (χ0) is 11.9. The monoisotopic (exact) mass is 222 g/mol. The van der Waals surface area contributed by atoms with Gasteiger partial charge in [-0.2, -0.15) is 0 Å². The third-order valence-corrected chi connectivity index (χ3v) is 2.37. The molecule has 0 saturated heterocycles. The molecule has 92 valence electrons. The highest BCUT2D eigenvalue weighted by Crippen LogP contribution is 2.25. The molecule has 0 amide bonds. The predicted octanol–water partition coefficient (Wildman–Crippen LogP) is 0.698. The lowest BCUT2D eigenvalue weighted by Gasteiger charge is -2.27. The van der Waals surface area contributed by atoms with Crippen LogP contribution in [0.5, 0.6) is 0 Å². The zero-order valence-electron chi connectivity index (χ0n) is 9.95. The molecule has 0 atom stereocenters. The van der Waals surface area contributed by atoms with E-state index in [1.807, 2.05) is 13.8 Å². The van der Waals surface area contributed by atoms with Crippen molar-refractivity contribution < 1.29 is 24.4 Å². The van der Waals surface area contributed by atoms with E-state index in [0.29, 0.717) is 19.4 Å². The first-order valence-electron chi connectivity index (χ1n) is 4.96. The Kier molecular flexibility index (Phi) is 6.31. The van der Waals surface area contributed by atoms with Gasteiger partial charge in [0, 0.05) is 20.8 Å². The number of hydrogen-bond donors (Lipinski definition) is 2. The summed E-state index contributed by atoms with van der Waals surface area (Å²) in [7, 11) is 2.59. The molecule has 0 bridgehead atoms. The van der Waals surface area contributed by atoms with Crippen LogP contribution in [-0.2, 0) is 14.2 Å². The first kappa shape index (κ1) is 14.8. The first-order valence-corrected chi connectivity index (χ1v) is 4.96. The van der Waals surface area contributed by atoms with E-state index in [-0.39, 0.29) is 12.0 Å². The Bertz CT molecular complexity index is 165. The van der Waals surface area contributed by atoms with Crippen molar-refractivity contribution in [1.82, 2.24) is 0 Å². The fraction of sp³-hybridized carbons (Fsp3) is 1.00. The van der Waals surface area contributed by atoms with Crippen LogP contribution in [-0.4, -0.2) is 43.8 Å². The van der Waals surface area contributed by atoms with E-state index >= 15 is 0 Å². The Morgan fingerprint density at radius 2 is 1.60 bits per heavy atom. The van der Waals surface area contributed by atoms with Gasteiger partial charge in [-0.05, 0) is 18.3 Å². The summed E-state index contributed by atoms with van der Waals surface area (Å²) in [6, 6.07) is 0. The van der Waals surface area contributed by atoms with Gasteiger partial charge in [0.05, 0.1) is 6.61 Å². The van der Waals surface area contributed by atoms with Gasteiger partial charge in [-0.15, -0.1) is 0 Å². The predicted molar refractivity (Wildman–Crippen MR) is 55.0 cm³/mol. The molecule has 15 heavy (non-hydrogen) atoms. The molecule has 0 aromatic carbocycles. The highest BCUT2D eigenvalue weighted by molar-refractivity contribution is 4.67. The Hall–Kier alpha value is -0.200. The van der Waals surface area contributed by atoms with E-state index in [2.05, 4.69) is 9.47 Å². The minimum atomic E-state index is -1.96. The van der Waals surface area contributed by atoms with Gasteiger partial charge in [-0.25, -0.2) is 0 Å². The molecular weight excluding hydrogens is 200 g/mol. The minimum Gasteiger partial charge on any atom is -0.396 e. The molecule has 0 rings (SSSR count). The SMILES string of the molecule is COC(O)(OC)OCCC(C)(C)CCO. The molecule has 0 aromatic heterocycles. The molecule has 0 aliphatic rings. The summed E-state index contributed by atoms with van der Waals surface area (Å²) in [4.78, 5) is 0. The molecular formula is C10H22O5. The maximum atomic E-state index is 9.44. The molecule has 0 fully saturated rings. The Labute approximate surface area is 91.0 Å². The van der Waals surface area contributed by atoms with Crippen LogP contribution >= 0.6 is 0 Å². The minimum absolute atomic E-state index is 0.0306. The number of methoxy groups -OCH3 is 2. The number of ether oxygens (including phenoxy) is 3. The van der Waals surface area contributed by atoms with Crippen LogP contribution in [0.15, 0.2) is 0 Å². The highest BCUT2D eigenvalue weighted by atomic mass is 17.0. The van der Waals surface area contributed by atoms with Gasteiger partial charge in [-0.1, -0.05) is 13.8 Å². The Morgan fingerprint density at radius 3 is 2.00 bits per heavy atom. The van der Waals surface area contributed by atoms with E-state index in [9.17, 15) is 5.11 Å². The zero-order valence-corrected chi connectivity index (χ0v) is 9.95. The fourth-order valence-corrected chi connectivity index (χ4v) is 1.09. The number of aliphatic hydroxyl groups excluding tert-OH is 1. The van der Waals surface area contributed by atoms with Crippen molar-refractivity contribution in [2.75, 3.05) is 27.4 Å². The van der Waals surface area contributed by atoms with Crippen molar-refractivity contribution in [3.63, 3.8) is 0 Å². The maximum Gasteiger partial charge on any atom is 0.409 e. The second kappa shape index (κ2) is 6.40. The number of hydrogen-bond acceptors (Lipinski definition) is 5. The molecule has 0 radical (unpaired) electrons. The Morgan fingerprint density at radius 1 is 1.07 bits per heavy atom. The molecule has 0 aromatic rings. The summed E-state index contributed by atoms with van der Waals surface area (Å²) in [5, 5.41) is 18.3. The van der Waals surface area contributed by atoms with Crippen LogP contribution in [0.3, 0.4) is 0 Å². The van der Waals surface area contributed by atoms with E-state index in [1.165, 1.54) is 14.2 Å². The maximum absolute atomic E-state index is 9.44. The van der Waals surface area contributed by atoms with Gasteiger partial charge in [0.15, 0.2) is 0 Å². The summed E-state index contributed by atoms with van der Waals surface area (Å²) in [6.07, 6.45) is -0.577. The lowest BCUT2D eigenvalue weighted by Crippen LogP contribution is -2.37. The van der Waals surface area contributed by atoms with Gasteiger partial charge in [0.25, 0.3) is 0 Å². The fourth-order valence-electron chi connectivity index (χ4n) is 1.09. The molecule has 0 aliphatic heterocycles. The normalized spacial score (nSPS) is 13.2. The highest BCUT2D eigenvalue weighted by Gasteiger charge is 2.28. The molecule has 0 saturated carbocycles. The lowest BCUT2D eigenvalue weighted by molar-refractivity contribution is -0.472. The lowest BCUT2D eigenvalue weighted by atomic mass is 9.86. The first-order chi connectivity index (χ1) is 6.89. The van der Waals surface area contributed by atoms with E-state index in [1.54, 1.807) is 0 Å². The quantitative estimate of drug-likeness (QED) is 0.592. The molecule has 0 spiro atoms. The third kappa shape index (κ3) is 6.06. The van der Waals surface area contributed by atoms with Crippen molar-refractivity contribution >= 4 is 0 Å². The second-order valence-electron chi connectivity index (χ2n) is 4.17. The molecule has 5 heteroatoms. The van der Waals surface area contributed by atoms with Gasteiger partial charge < -0.3 is 24.4 Å². The number of rotatable bonds is 8. The van der Waals surface area contributed by atoms with E-state index < -0.39 is 6.16 Å². The van der Waals surface area contributed by atoms with Gasteiger partial charge >= 0.3 is 6.16 Å². The summed E-state index contributed by atoms with van der Waals surface area (Å²) in [5.41, 5.74) is -0.0306. The van der Waals surface area contributed by atoms with Crippen molar-refractivity contribution in [1.29, 1.82) is 0 Å². The van der Waals surface area contributed by atoms with Crippen molar-refractivity contribution in [2.45, 2.75) is 32.8 Å².